The largest absolute Gasteiger partial charge is 0.473 e. The Morgan fingerprint density at radius 1 is 1.12 bits per heavy atom. The van der Waals surface area contributed by atoms with Crippen LogP contribution in [0.5, 0.6) is 5.88 Å². The Labute approximate surface area is 250 Å². The maximum absolute atomic E-state index is 14.3. The molecule has 2 atom stereocenters. The van der Waals surface area contributed by atoms with Gasteiger partial charge in [0.25, 0.3) is 0 Å². The molecule has 2 amide bonds. The molecule has 2 unspecified atom stereocenters. The van der Waals surface area contributed by atoms with Gasteiger partial charge in [-0.15, -0.1) is 0 Å². The second kappa shape index (κ2) is 13.1. The summed E-state index contributed by atoms with van der Waals surface area (Å²) in [7, 11) is 1.65. The van der Waals surface area contributed by atoms with Crippen molar-refractivity contribution in [3.05, 3.63) is 94.1 Å². The van der Waals surface area contributed by atoms with Crippen molar-refractivity contribution in [3.8, 4) is 5.88 Å². The Bertz CT molecular complexity index is 1400. The number of amides is 2. The van der Waals surface area contributed by atoms with Crippen LogP contribution in [-0.4, -0.2) is 69.8 Å². The third kappa shape index (κ3) is 6.86. The zero-order valence-electron chi connectivity index (χ0n) is 23.6. The minimum Gasteiger partial charge on any atom is -0.473 e. The molecule has 2 aromatic carbocycles. The molecule has 42 heavy (non-hydrogen) atoms. The Hall–Kier alpha value is -3.66. The quantitative estimate of drug-likeness (QED) is 0.326. The average Bonchev–Trinajstić information content (AvgIpc) is 3.85. The van der Waals surface area contributed by atoms with E-state index in [0.717, 1.165) is 29.5 Å². The number of rotatable bonds is 11. The van der Waals surface area contributed by atoms with Gasteiger partial charge in [0.05, 0.1) is 12.5 Å². The topological polar surface area (TPSA) is 112 Å². The Balaban J connectivity index is 1.42. The number of aliphatic hydroxyl groups is 1. The molecule has 1 aliphatic heterocycles. The van der Waals surface area contributed by atoms with E-state index in [4.69, 9.17) is 21.1 Å². The lowest BCUT2D eigenvalue weighted by molar-refractivity contribution is -0.154. The number of hydrogen-bond acceptors (Lipinski definition) is 6. The van der Waals surface area contributed by atoms with E-state index in [9.17, 15) is 19.8 Å². The van der Waals surface area contributed by atoms with Crippen LogP contribution in [0.3, 0.4) is 0 Å². The minimum absolute atomic E-state index is 0.00265. The number of carbonyl (C=O) groups is 2. The molecule has 2 aliphatic rings. The van der Waals surface area contributed by atoms with Crippen molar-refractivity contribution >= 4 is 23.6 Å². The molecule has 222 valence electrons. The van der Waals surface area contributed by atoms with Crippen molar-refractivity contribution in [2.45, 2.75) is 50.5 Å². The number of methoxy groups -OCH3 is 1. The number of ether oxygens (including phenoxy) is 2. The molecule has 10 heteroatoms. The fourth-order valence-electron chi connectivity index (χ4n) is 5.51. The SMILES string of the molecule is COCCc1ccc(Cl)c(CN(C(=O)C2CN(C(=O)O)CCC2(O)c2ccnc(OCc3ccccc3)c2)C2CC2)c1. The molecule has 2 fully saturated rings. The van der Waals surface area contributed by atoms with E-state index in [1.807, 2.05) is 48.5 Å². The third-order valence-corrected chi connectivity index (χ3v) is 8.46. The molecule has 0 spiro atoms. The van der Waals surface area contributed by atoms with Crippen LogP contribution in [-0.2, 0) is 34.7 Å². The summed E-state index contributed by atoms with van der Waals surface area (Å²) in [6.07, 6.45) is 2.88. The monoisotopic (exact) mass is 593 g/mol. The van der Waals surface area contributed by atoms with Gasteiger partial charge in [-0.2, -0.15) is 0 Å². The van der Waals surface area contributed by atoms with E-state index in [1.165, 1.54) is 4.90 Å². The molecule has 0 bridgehead atoms. The van der Waals surface area contributed by atoms with Gasteiger partial charge >= 0.3 is 6.09 Å². The number of aromatic nitrogens is 1. The van der Waals surface area contributed by atoms with Crippen LogP contribution in [0.25, 0.3) is 0 Å². The van der Waals surface area contributed by atoms with Crippen LogP contribution < -0.4 is 4.74 Å². The van der Waals surface area contributed by atoms with Crippen molar-refractivity contribution in [1.29, 1.82) is 0 Å². The summed E-state index contributed by atoms with van der Waals surface area (Å²) >= 11 is 6.57. The fourth-order valence-corrected chi connectivity index (χ4v) is 5.69. The zero-order chi connectivity index (χ0) is 29.7. The van der Waals surface area contributed by atoms with Crippen molar-refractivity contribution in [2.24, 2.45) is 5.92 Å². The molecule has 1 saturated carbocycles. The Kier molecular flexibility index (Phi) is 9.30. The van der Waals surface area contributed by atoms with E-state index in [0.29, 0.717) is 36.1 Å². The van der Waals surface area contributed by atoms with Gasteiger partial charge in [0, 0.05) is 50.1 Å². The Morgan fingerprint density at radius 3 is 2.62 bits per heavy atom. The van der Waals surface area contributed by atoms with Crippen LogP contribution in [0.1, 0.15) is 41.5 Å². The number of nitrogens with zero attached hydrogens (tertiary/aromatic N) is 3. The van der Waals surface area contributed by atoms with E-state index >= 15 is 0 Å². The lowest BCUT2D eigenvalue weighted by Crippen LogP contribution is -2.57. The van der Waals surface area contributed by atoms with Crippen molar-refractivity contribution in [2.75, 3.05) is 26.8 Å². The van der Waals surface area contributed by atoms with Crippen LogP contribution in [0.15, 0.2) is 66.9 Å². The van der Waals surface area contributed by atoms with E-state index < -0.39 is 17.6 Å². The highest BCUT2D eigenvalue weighted by molar-refractivity contribution is 6.31. The van der Waals surface area contributed by atoms with Gasteiger partial charge in [-0.25, -0.2) is 9.78 Å². The highest BCUT2D eigenvalue weighted by atomic mass is 35.5. The van der Waals surface area contributed by atoms with Crippen molar-refractivity contribution < 1.29 is 29.3 Å². The number of halogens is 1. The van der Waals surface area contributed by atoms with Gasteiger partial charge in [-0.05, 0) is 60.1 Å². The molecule has 0 radical (unpaired) electrons. The van der Waals surface area contributed by atoms with Gasteiger partial charge in [0.1, 0.15) is 12.2 Å². The first-order chi connectivity index (χ1) is 20.3. The summed E-state index contributed by atoms with van der Waals surface area (Å²) < 4.78 is 11.1. The summed E-state index contributed by atoms with van der Waals surface area (Å²) in [5.41, 5.74) is 1.68. The maximum Gasteiger partial charge on any atom is 0.407 e. The standard InChI is InChI=1S/C32H36ClN3O6/c1-41-16-12-22-7-10-28(33)24(17-22)19-36(26-8-9-26)30(37)27-20-35(31(38)39)15-13-32(27,40)25-11-14-34-29(18-25)42-21-23-5-3-2-4-6-23/h2-7,10-11,14,17-18,26-27,40H,8-9,12-13,15-16,19-21H2,1H3,(H,38,39). The minimum atomic E-state index is -1.62. The number of hydrogen-bond donors (Lipinski definition) is 2. The summed E-state index contributed by atoms with van der Waals surface area (Å²) in [6.45, 7) is 1.09. The summed E-state index contributed by atoms with van der Waals surface area (Å²) in [6, 6.07) is 18.7. The predicted octanol–water partition coefficient (Wildman–Crippen LogP) is 4.88. The highest BCUT2D eigenvalue weighted by Gasteiger charge is 2.51. The van der Waals surface area contributed by atoms with E-state index in [2.05, 4.69) is 4.98 Å². The van der Waals surface area contributed by atoms with Crippen molar-refractivity contribution in [1.82, 2.24) is 14.8 Å². The van der Waals surface area contributed by atoms with Crippen LogP contribution in [0, 0.1) is 5.92 Å². The van der Waals surface area contributed by atoms with Gasteiger partial charge < -0.3 is 29.5 Å². The molecule has 2 heterocycles. The second-order valence-corrected chi connectivity index (χ2v) is 11.4. The molecule has 1 aromatic heterocycles. The van der Waals surface area contributed by atoms with Gasteiger partial charge in [-0.1, -0.05) is 54.1 Å². The number of carbonyl (C=O) groups excluding carboxylic acids is 1. The molecule has 3 aromatic rings. The molecule has 2 N–H and O–H groups in total. The first-order valence-corrected chi connectivity index (χ1v) is 14.6. The fraction of sp³-hybridized carbons (Fsp3) is 0.406. The first-order valence-electron chi connectivity index (χ1n) is 14.2. The van der Waals surface area contributed by atoms with Gasteiger partial charge in [0.2, 0.25) is 11.8 Å². The first kappa shape index (κ1) is 29.8. The lowest BCUT2D eigenvalue weighted by atomic mass is 9.75. The number of carboxylic acid groups (broad SMARTS) is 1. The average molecular weight is 594 g/mol. The predicted molar refractivity (Wildman–Crippen MR) is 157 cm³/mol. The van der Waals surface area contributed by atoms with Gasteiger partial charge in [0.15, 0.2) is 0 Å². The van der Waals surface area contributed by atoms with Crippen LogP contribution in [0.4, 0.5) is 4.79 Å². The number of piperidine rings is 1. The lowest BCUT2D eigenvalue weighted by Gasteiger charge is -2.45. The zero-order valence-corrected chi connectivity index (χ0v) is 24.4. The number of pyridine rings is 1. The van der Waals surface area contributed by atoms with Gasteiger partial charge in [-0.3, -0.25) is 4.79 Å². The van der Waals surface area contributed by atoms with E-state index in [-0.39, 0.29) is 38.0 Å². The number of benzene rings is 2. The van der Waals surface area contributed by atoms with Crippen LogP contribution >= 0.6 is 11.6 Å². The maximum atomic E-state index is 14.3. The van der Waals surface area contributed by atoms with Crippen LogP contribution in [0.2, 0.25) is 5.02 Å². The molecule has 1 aliphatic carbocycles. The summed E-state index contributed by atoms with van der Waals surface area (Å²) in [4.78, 5) is 33.6. The molecular weight excluding hydrogens is 558 g/mol. The second-order valence-electron chi connectivity index (χ2n) is 11.0. The third-order valence-electron chi connectivity index (χ3n) is 8.09. The molecule has 1 saturated heterocycles. The van der Waals surface area contributed by atoms with E-state index in [1.54, 1.807) is 30.3 Å². The normalized spacial score (nSPS) is 20.3. The Morgan fingerprint density at radius 2 is 1.90 bits per heavy atom. The smallest absolute Gasteiger partial charge is 0.407 e. The summed E-state index contributed by atoms with van der Waals surface area (Å²) in [5, 5.41) is 22.6. The molecule has 5 rings (SSSR count). The molecular formula is C32H36ClN3O6. The number of likely N-dealkylation sites (tertiary alicyclic amines) is 1. The summed E-state index contributed by atoms with van der Waals surface area (Å²) in [5.74, 6) is -1.01. The highest BCUT2D eigenvalue weighted by Crippen LogP contribution is 2.42. The van der Waals surface area contributed by atoms with Crippen molar-refractivity contribution in [3.63, 3.8) is 0 Å². The molecule has 9 nitrogen and oxygen atoms in total.